The van der Waals surface area contributed by atoms with E-state index in [0.717, 1.165) is 26.1 Å². The van der Waals surface area contributed by atoms with Gasteiger partial charge in [-0.2, -0.15) is 5.10 Å². The van der Waals surface area contributed by atoms with Gasteiger partial charge in [0.1, 0.15) is 0 Å². The molecule has 1 aromatic heterocycles. The number of aromatic nitrogens is 2. The number of benzene rings is 1. The highest BCUT2D eigenvalue weighted by Crippen LogP contribution is 2.13. The van der Waals surface area contributed by atoms with Gasteiger partial charge < -0.3 is 5.32 Å². The molecular weight excluding hydrogens is 234 g/mol. The van der Waals surface area contributed by atoms with Crippen LogP contribution < -0.4 is 5.32 Å². The van der Waals surface area contributed by atoms with Crippen molar-refractivity contribution in [2.45, 2.75) is 39.3 Å². The molecule has 0 saturated heterocycles. The maximum atomic E-state index is 4.34. The van der Waals surface area contributed by atoms with Crippen LogP contribution in [0.4, 0.5) is 0 Å². The summed E-state index contributed by atoms with van der Waals surface area (Å²) in [6, 6.07) is 12.7. The Bertz CT molecular complexity index is 476. The van der Waals surface area contributed by atoms with Gasteiger partial charge in [-0.3, -0.25) is 4.68 Å². The Balaban J connectivity index is 1.81. The molecule has 3 nitrogen and oxygen atoms in total. The van der Waals surface area contributed by atoms with Gasteiger partial charge in [-0.05, 0) is 24.0 Å². The van der Waals surface area contributed by atoms with Gasteiger partial charge in [-0.25, -0.2) is 0 Å². The first-order valence-corrected chi connectivity index (χ1v) is 7.07. The predicted octanol–water partition coefficient (Wildman–Crippen LogP) is 3.19. The lowest BCUT2D eigenvalue weighted by molar-refractivity contribution is 0.538. The molecule has 0 aliphatic rings. The average Bonchev–Trinajstić information content (AvgIpc) is 2.88. The number of aryl methyl sites for hydroxylation is 1. The molecule has 102 valence electrons. The summed E-state index contributed by atoms with van der Waals surface area (Å²) in [5.74, 6) is 0.531. The van der Waals surface area contributed by atoms with Crippen LogP contribution in [0.2, 0.25) is 0 Å². The summed E-state index contributed by atoms with van der Waals surface area (Å²) in [6.07, 6.45) is 3.00. The van der Waals surface area contributed by atoms with Gasteiger partial charge in [-0.1, -0.05) is 44.2 Å². The van der Waals surface area contributed by atoms with Crippen LogP contribution in [0.25, 0.3) is 0 Å². The van der Waals surface area contributed by atoms with Crippen LogP contribution in [0.15, 0.2) is 42.6 Å². The van der Waals surface area contributed by atoms with Crippen molar-refractivity contribution >= 4 is 0 Å². The van der Waals surface area contributed by atoms with Crippen molar-refractivity contribution in [2.75, 3.05) is 6.54 Å². The molecule has 3 heteroatoms. The molecule has 0 spiro atoms. The Morgan fingerprint density at radius 3 is 2.74 bits per heavy atom. The topological polar surface area (TPSA) is 29.9 Å². The second-order valence-electron chi connectivity index (χ2n) is 4.99. The molecule has 0 radical (unpaired) electrons. The van der Waals surface area contributed by atoms with Crippen molar-refractivity contribution in [3.63, 3.8) is 0 Å². The predicted molar refractivity (Wildman–Crippen MR) is 79.1 cm³/mol. The van der Waals surface area contributed by atoms with Crippen LogP contribution in [-0.4, -0.2) is 16.3 Å². The Morgan fingerprint density at radius 1 is 1.21 bits per heavy atom. The van der Waals surface area contributed by atoms with E-state index in [4.69, 9.17) is 0 Å². The normalized spacial score (nSPS) is 12.5. The molecule has 1 aromatic carbocycles. The van der Waals surface area contributed by atoms with Gasteiger partial charge in [0.2, 0.25) is 0 Å². The van der Waals surface area contributed by atoms with Gasteiger partial charge in [0.05, 0.1) is 5.69 Å². The SMILES string of the molecule is CCCn1nccc1CNCC(C)c1ccccc1. The fourth-order valence-corrected chi connectivity index (χ4v) is 2.24. The van der Waals surface area contributed by atoms with Crippen molar-refractivity contribution < 1.29 is 0 Å². The van der Waals surface area contributed by atoms with Crippen LogP contribution in [0.1, 0.15) is 37.4 Å². The lowest BCUT2D eigenvalue weighted by Crippen LogP contribution is -2.21. The molecule has 1 unspecified atom stereocenters. The summed E-state index contributed by atoms with van der Waals surface area (Å²) < 4.78 is 2.08. The lowest BCUT2D eigenvalue weighted by Gasteiger charge is -2.13. The van der Waals surface area contributed by atoms with E-state index in [1.807, 2.05) is 6.20 Å². The number of hydrogen-bond donors (Lipinski definition) is 1. The van der Waals surface area contributed by atoms with Crippen LogP contribution in [-0.2, 0) is 13.1 Å². The largest absolute Gasteiger partial charge is 0.311 e. The third-order valence-electron chi connectivity index (χ3n) is 3.37. The van der Waals surface area contributed by atoms with Gasteiger partial charge in [0.15, 0.2) is 0 Å². The molecule has 2 aromatic rings. The van der Waals surface area contributed by atoms with Crippen molar-refractivity contribution in [2.24, 2.45) is 0 Å². The molecule has 1 atom stereocenters. The van der Waals surface area contributed by atoms with E-state index in [0.29, 0.717) is 5.92 Å². The molecule has 19 heavy (non-hydrogen) atoms. The summed E-state index contributed by atoms with van der Waals surface area (Å²) in [5, 5.41) is 7.86. The molecule has 0 bridgehead atoms. The summed E-state index contributed by atoms with van der Waals surface area (Å²) in [5.41, 5.74) is 2.65. The summed E-state index contributed by atoms with van der Waals surface area (Å²) in [6.45, 7) is 7.30. The molecule has 1 N–H and O–H groups in total. The highest BCUT2D eigenvalue weighted by atomic mass is 15.3. The van der Waals surface area contributed by atoms with E-state index in [2.05, 4.69) is 65.3 Å². The minimum absolute atomic E-state index is 0.531. The van der Waals surface area contributed by atoms with Crippen molar-refractivity contribution in [1.82, 2.24) is 15.1 Å². The van der Waals surface area contributed by atoms with Crippen LogP contribution in [0.3, 0.4) is 0 Å². The minimum Gasteiger partial charge on any atom is -0.311 e. The third kappa shape index (κ3) is 3.93. The number of hydrogen-bond acceptors (Lipinski definition) is 2. The van der Waals surface area contributed by atoms with E-state index in [1.54, 1.807) is 0 Å². The van der Waals surface area contributed by atoms with E-state index in [-0.39, 0.29) is 0 Å². The standard InChI is InChI=1S/C16H23N3/c1-3-11-19-16(9-10-18-19)13-17-12-14(2)15-7-5-4-6-8-15/h4-10,14,17H,3,11-13H2,1-2H3. The Labute approximate surface area is 115 Å². The highest BCUT2D eigenvalue weighted by molar-refractivity contribution is 5.19. The Kier molecular flexibility index (Phi) is 5.16. The zero-order chi connectivity index (χ0) is 13.5. The summed E-state index contributed by atoms with van der Waals surface area (Å²) >= 11 is 0. The molecule has 0 aliphatic heterocycles. The van der Waals surface area contributed by atoms with E-state index in [1.165, 1.54) is 11.3 Å². The Morgan fingerprint density at radius 2 is 2.00 bits per heavy atom. The number of nitrogens with zero attached hydrogens (tertiary/aromatic N) is 2. The first-order valence-electron chi connectivity index (χ1n) is 7.07. The second-order valence-corrected chi connectivity index (χ2v) is 4.99. The number of rotatable bonds is 7. The smallest absolute Gasteiger partial charge is 0.0522 e. The van der Waals surface area contributed by atoms with Crippen LogP contribution in [0.5, 0.6) is 0 Å². The molecule has 2 rings (SSSR count). The van der Waals surface area contributed by atoms with E-state index >= 15 is 0 Å². The first-order chi connectivity index (χ1) is 9.31. The zero-order valence-corrected chi connectivity index (χ0v) is 11.8. The highest BCUT2D eigenvalue weighted by Gasteiger charge is 2.05. The van der Waals surface area contributed by atoms with Gasteiger partial charge >= 0.3 is 0 Å². The summed E-state index contributed by atoms with van der Waals surface area (Å²) in [7, 11) is 0. The van der Waals surface area contributed by atoms with Gasteiger partial charge in [0.25, 0.3) is 0 Å². The molecule has 0 saturated carbocycles. The van der Waals surface area contributed by atoms with Crippen molar-refractivity contribution in [3.05, 3.63) is 53.9 Å². The van der Waals surface area contributed by atoms with Gasteiger partial charge in [0, 0.05) is 25.8 Å². The molecule has 1 heterocycles. The van der Waals surface area contributed by atoms with Gasteiger partial charge in [-0.15, -0.1) is 0 Å². The maximum absolute atomic E-state index is 4.34. The minimum atomic E-state index is 0.531. The monoisotopic (exact) mass is 257 g/mol. The summed E-state index contributed by atoms with van der Waals surface area (Å²) in [4.78, 5) is 0. The van der Waals surface area contributed by atoms with Crippen molar-refractivity contribution in [3.8, 4) is 0 Å². The number of nitrogens with one attached hydrogen (secondary N) is 1. The lowest BCUT2D eigenvalue weighted by atomic mass is 10.0. The zero-order valence-electron chi connectivity index (χ0n) is 11.8. The molecule has 0 fully saturated rings. The van der Waals surface area contributed by atoms with E-state index in [9.17, 15) is 0 Å². The first kappa shape index (κ1) is 13.8. The second kappa shape index (κ2) is 7.10. The third-order valence-corrected chi connectivity index (χ3v) is 3.37. The van der Waals surface area contributed by atoms with Crippen molar-refractivity contribution in [1.29, 1.82) is 0 Å². The van der Waals surface area contributed by atoms with E-state index < -0.39 is 0 Å². The fraction of sp³-hybridized carbons (Fsp3) is 0.438. The maximum Gasteiger partial charge on any atom is 0.0522 e. The fourth-order valence-electron chi connectivity index (χ4n) is 2.24. The quantitative estimate of drug-likeness (QED) is 0.825. The average molecular weight is 257 g/mol. The van der Waals surface area contributed by atoms with Crippen LogP contribution in [0, 0.1) is 0 Å². The van der Waals surface area contributed by atoms with Crippen LogP contribution >= 0.6 is 0 Å². The molecular formula is C16H23N3. The Hall–Kier alpha value is -1.61. The molecule has 0 aliphatic carbocycles. The molecule has 0 amide bonds.